The largest absolute Gasteiger partial charge is 0.493 e. The van der Waals surface area contributed by atoms with Gasteiger partial charge in [-0.1, -0.05) is 42.5 Å². The second-order valence-corrected chi connectivity index (χ2v) is 10.0. The first kappa shape index (κ1) is 25.4. The Kier molecular flexibility index (Phi) is 7.02. The molecule has 1 heterocycles. The van der Waals surface area contributed by atoms with Crippen LogP contribution in [0.25, 0.3) is 0 Å². The molecule has 0 fully saturated rings. The Morgan fingerprint density at radius 1 is 1.00 bits per heavy atom. The minimum Gasteiger partial charge on any atom is -0.493 e. The summed E-state index contributed by atoms with van der Waals surface area (Å²) in [5.41, 5.74) is 6.51. The molecular formula is C33H29N3O4. The first-order valence-electron chi connectivity index (χ1n) is 13.3. The molecule has 0 saturated heterocycles. The van der Waals surface area contributed by atoms with E-state index in [1.807, 2.05) is 24.4 Å². The number of rotatable bonds is 8. The van der Waals surface area contributed by atoms with Gasteiger partial charge in [-0.2, -0.15) is 0 Å². The lowest BCUT2D eigenvalue weighted by Gasteiger charge is -2.37. The second kappa shape index (κ2) is 11.1. The average Bonchev–Trinajstić information content (AvgIpc) is 3.50. The Bertz CT molecular complexity index is 1580. The molecule has 2 aliphatic rings. The van der Waals surface area contributed by atoms with Crippen molar-refractivity contribution in [2.24, 2.45) is 10.9 Å². The molecule has 4 aromatic rings. The first-order valence-corrected chi connectivity index (χ1v) is 13.3. The fourth-order valence-corrected chi connectivity index (χ4v) is 5.55. The van der Waals surface area contributed by atoms with Gasteiger partial charge < -0.3 is 14.8 Å². The number of aliphatic imine (C=N–C) groups is 1. The van der Waals surface area contributed by atoms with Gasteiger partial charge in [0.15, 0.2) is 11.5 Å². The van der Waals surface area contributed by atoms with Crippen molar-refractivity contribution in [2.75, 3.05) is 12.4 Å². The van der Waals surface area contributed by atoms with Gasteiger partial charge >= 0.3 is 0 Å². The van der Waals surface area contributed by atoms with Crippen LogP contribution in [0.4, 0.5) is 17.1 Å². The molecule has 0 bridgehead atoms. The smallest absolute Gasteiger partial charge is 0.269 e. The second-order valence-electron chi connectivity index (χ2n) is 10.0. The molecule has 1 aliphatic carbocycles. The fourth-order valence-electron chi connectivity index (χ4n) is 5.55. The van der Waals surface area contributed by atoms with Gasteiger partial charge in [-0.05, 0) is 83.1 Å². The topological polar surface area (TPSA) is 86.0 Å². The molecule has 0 aromatic heterocycles. The van der Waals surface area contributed by atoms with E-state index in [-0.39, 0.29) is 18.3 Å². The van der Waals surface area contributed by atoms with Crippen LogP contribution in [0, 0.1) is 16.0 Å². The van der Waals surface area contributed by atoms with E-state index >= 15 is 0 Å². The zero-order valence-corrected chi connectivity index (χ0v) is 22.1. The molecule has 0 spiro atoms. The molecule has 0 amide bonds. The zero-order chi connectivity index (χ0) is 27.5. The molecule has 1 N–H and O–H groups in total. The van der Waals surface area contributed by atoms with Gasteiger partial charge in [0.1, 0.15) is 6.61 Å². The van der Waals surface area contributed by atoms with E-state index in [1.165, 1.54) is 28.9 Å². The molecule has 1 aliphatic heterocycles. The Balaban J connectivity index is 1.12. The molecule has 0 unspecified atom stereocenters. The van der Waals surface area contributed by atoms with E-state index in [2.05, 4.69) is 71.0 Å². The van der Waals surface area contributed by atoms with Crippen LogP contribution in [0.5, 0.6) is 11.5 Å². The maximum Gasteiger partial charge on any atom is 0.269 e. The van der Waals surface area contributed by atoms with Crippen molar-refractivity contribution in [2.45, 2.75) is 25.0 Å². The van der Waals surface area contributed by atoms with Crippen molar-refractivity contribution in [3.8, 4) is 11.5 Å². The molecule has 6 rings (SSSR count). The third-order valence-corrected chi connectivity index (χ3v) is 7.62. The number of hydrogen-bond acceptors (Lipinski definition) is 6. The number of para-hydroxylation sites is 1. The molecule has 7 heteroatoms. The minimum absolute atomic E-state index is 0.0517. The highest BCUT2D eigenvalue weighted by Gasteiger charge is 2.37. The summed E-state index contributed by atoms with van der Waals surface area (Å²) in [7, 11) is 1.59. The Labute approximate surface area is 233 Å². The number of benzene rings is 4. The molecule has 200 valence electrons. The maximum absolute atomic E-state index is 10.8. The van der Waals surface area contributed by atoms with E-state index in [0.717, 1.165) is 23.2 Å². The van der Waals surface area contributed by atoms with Crippen LogP contribution in [0.15, 0.2) is 108 Å². The lowest BCUT2D eigenvalue weighted by atomic mass is 9.77. The van der Waals surface area contributed by atoms with E-state index in [0.29, 0.717) is 23.3 Å². The van der Waals surface area contributed by atoms with Crippen LogP contribution in [0.1, 0.15) is 40.6 Å². The first-order chi connectivity index (χ1) is 19.6. The third-order valence-electron chi connectivity index (χ3n) is 7.62. The number of hydrogen-bond donors (Lipinski definition) is 1. The van der Waals surface area contributed by atoms with Crippen LogP contribution >= 0.6 is 0 Å². The van der Waals surface area contributed by atoms with Gasteiger partial charge in [-0.15, -0.1) is 0 Å². The Hall–Kier alpha value is -4.91. The summed E-state index contributed by atoms with van der Waals surface area (Å²) in [6, 6.07) is 29.3. The van der Waals surface area contributed by atoms with Gasteiger partial charge in [0.25, 0.3) is 5.69 Å². The Morgan fingerprint density at radius 2 is 1.80 bits per heavy atom. The number of ether oxygens (including phenoxy) is 2. The van der Waals surface area contributed by atoms with E-state index in [1.54, 1.807) is 19.2 Å². The predicted molar refractivity (Wildman–Crippen MR) is 157 cm³/mol. The highest BCUT2D eigenvalue weighted by atomic mass is 16.6. The fraction of sp³-hybridized carbons (Fsp3) is 0.182. The number of anilines is 1. The van der Waals surface area contributed by atoms with Gasteiger partial charge in [0.05, 0.1) is 23.8 Å². The van der Waals surface area contributed by atoms with E-state index in [9.17, 15) is 10.1 Å². The monoisotopic (exact) mass is 531 g/mol. The highest BCUT2D eigenvalue weighted by molar-refractivity contribution is 5.83. The van der Waals surface area contributed by atoms with Crippen LogP contribution in [0.2, 0.25) is 0 Å². The standard InChI is InChI=1S/C33H29N3O4/c1-39-32-19-23(11-18-31(32)40-21-22-9-16-26(17-10-22)36(37)38)20-34-25-14-12-24(13-15-25)33-29-7-4-6-27(29)28-5-2-3-8-30(28)35-33/h2-6,8-20,27,29,33,35H,7,21H2,1H3/t27-,29+,33+/m1/s1. The van der Waals surface area contributed by atoms with Crippen LogP contribution in [-0.2, 0) is 6.61 Å². The Morgan fingerprint density at radius 3 is 2.58 bits per heavy atom. The van der Waals surface area contributed by atoms with Crippen molar-refractivity contribution in [1.82, 2.24) is 0 Å². The van der Waals surface area contributed by atoms with Crippen molar-refractivity contribution < 1.29 is 14.4 Å². The molecular weight excluding hydrogens is 502 g/mol. The molecule has 3 atom stereocenters. The molecule has 4 aromatic carbocycles. The summed E-state index contributed by atoms with van der Waals surface area (Å²) >= 11 is 0. The van der Waals surface area contributed by atoms with Gasteiger partial charge in [0, 0.05) is 30.0 Å². The lowest BCUT2D eigenvalue weighted by Crippen LogP contribution is -2.28. The summed E-state index contributed by atoms with van der Waals surface area (Å²) < 4.78 is 11.4. The maximum atomic E-state index is 10.8. The minimum atomic E-state index is -0.419. The number of non-ortho nitro benzene ring substituents is 1. The van der Waals surface area contributed by atoms with Crippen molar-refractivity contribution >= 4 is 23.3 Å². The SMILES string of the molecule is COc1cc(C=Nc2ccc([C@@H]3Nc4ccccc4[C@H]4C=CC[C@@H]43)cc2)ccc1OCc1ccc([N+](=O)[O-])cc1. The lowest BCUT2D eigenvalue weighted by molar-refractivity contribution is -0.384. The van der Waals surface area contributed by atoms with Crippen molar-refractivity contribution in [3.63, 3.8) is 0 Å². The number of methoxy groups -OCH3 is 1. The van der Waals surface area contributed by atoms with Gasteiger partial charge in [-0.3, -0.25) is 15.1 Å². The average molecular weight is 532 g/mol. The summed E-state index contributed by atoms with van der Waals surface area (Å²) in [5, 5.41) is 14.6. The van der Waals surface area contributed by atoms with Gasteiger partial charge in [0.2, 0.25) is 0 Å². The summed E-state index contributed by atoms with van der Waals surface area (Å²) in [5.74, 6) is 2.14. The third kappa shape index (κ3) is 5.18. The summed E-state index contributed by atoms with van der Waals surface area (Å²) in [6.07, 6.45) is 7.55. The van der Waals surface area contributed by atoms with Crippen molar-refractivity contribution in [3.05, 3.63) is 136 Å². The number of allylic oxidation sites excluding steroid dienone is 2. The quantitative estimate of drug-likeness (QED) is 0.109. The normalized spacial score (nSPS) is 19.1. The number of fused-ring (bicyclic) bond motifs is 3. The number of nitrogens with zero attached hydrogens (tertiary/aromatic N) is 2. The van der Waals surface area contributed by atoms with Crippen LogP contribution < -0.4 is 14.8 Å². The molecule has 0 saturated carbocycles. The number of nitro benzene ring substituents is 1. The van der Waals surface area contributed by atoms with Gasteiger partial charge in [-0.25, -0.2) is 0 Å². The number of nitrogens with one attached hydrogen (secondary N) is 1. The molecule has 0 radical (unpaired) electrons. The zero-order valence-electron chi connectivity index (χ0n) is 22.1. The van der Waals surface area contributed by atoms with Crippen LogP contribution in [-0.4, -0.2) is 18.2 Å². The van der Waals surface area contributed by atoms with E-state index in [4.69, 9.17) is 9.47 Å². The predicted octanol–water partition coefficient (Wildman–Crippen LogP) is 7.76. The van der Waals surface area contributed by atoms with E-state index < -0.39 is 4.92 Å². The van der Waals surface area contributed by atoms with Crippen molar-refractivity contribution in [1.29, 1.82) is 0 Å². The summed E-state index contributed by atoms with van der Waals surface area (Å²) in [4.78, 5) is 15.1. The molecule has 7 nitrogen and oxygen atoms in total. The molecule has 40 heavy (non-hydrogen) atoms. The highest BCUT2D eigenvalue weighted by Crippen LogP contribution is 2.49. The number of nitro groups is 1. The summed E-state index contributed by atoms with van der Waals surface area (Å²) in [6.45, 7) is 0.271. The van der Waals surface area contributed by atoms with Crippen LogP contribution in [0.3, 0.4) is 0 Å².